The topological polar surface area (TPSA) is 81.3 Å². The smallest absolute Gasteiger partial charge is 0.330 e. The Bertz CT molecular complexity index is 829. The maximum atomic E-state index is 12.3. The van der Waals surface area contributed by atoms with Gasteiger partial charge in [0.15, 0.2) is 0 Å². The maximum Gasteiger partial charge on any atom is 0.330 e. The van der Waals surface area contributed by atoms with Crippen molar-refractivity contribution >= 4 is 5.97 Å². The molecule has 1 heterocycles. The van der Waals surface area contributed by atoms with Crippen molar-refractivity contribution in [1.29, 1.82) is 0 Å². The quantitative estimate of drug-likeness (QED) is 0.916. The van der Waals surface area contributed by atoms with E-state index in [1.54, 1.807) is 26.1 Å². The van der Waals surface area contributed by atoms with Gasteiger partial charge in [-0.1, -0.05) is 24.3 Å². The van der Waals surface area contributed by atoms with E-state index in [0.29, 0.717) is 23.2 Å². The summed E-state index contributed by atoms with van der Waals surface area (Å²) < 4.78 is 2.52. The first-order valence-corrected chi connectivity index (χ1v) is 6.90. The normalized spacial score (nSPS) is 10.7. The van der Waals surface area contributed by atoms with Crippen LogP contribution in [-0.4, -0.2) is 20.2 Å². The van der Waals surface area contributed by atoms with Crippen LogP contribution in [0.15, 0.2) is 33.9 Å². The minimum atomic E-state index is -0.841. The fraction of sp³-hybridized carbons (Fsp3) is 0.312. The molecule has 0 bridgehead atoms. The van der Waals surface area contributed by atoms with Crippen LogP contribution < -0.4 is 11.2 Å². The van der Waals surface area contributed by atoms with Gasteiger partial charge in [-0.25, -0.2) is 4.79 Å². The van der Waals surface area contributed by atoms with Gasteiger partial charge in [0.1, 0.15) is 0 Å². The Morgan fingerprint density at radius 1 is 1.09 bits per heavy atom. The Hall–Kier alpha value is -2.63. The predicted octanol–water partition coefficient (Wildman–Crippen LogP) is 1.08. The van der Waals surface area contributed by atoms with Gasteiger partial charge in [-0.2, -0.15) is 0 Å². The summed E-state index contributed by atoms with van der Waals surface area (Å²) in [5.74, 6) is -0.841. The van der Waals surface area contributed by atoms with Crippen LogP contribution in [0.1, 0.15) is 17.7 Å². The van der Waals surface area contributed by atoms with E-state index in [1.165, 1.54) is 11.6 Å². The second-order valence-electron chi connectivity index (χ2n) is 5.26. The second kappa shape index (κ2) is 6.01. The Morgan fingerprint density at radius 3 is 2.23 bits per heavy atom. The van der Waals surface area contributed by atoms with E-state index in [4.69, 9.17) is 5.11 Å². The van der Waals surface area contributed by atoms with Crippen molar-refractivity contribution in [1.82, 2.24) is 9.13 Å². The Morgan fingerprint density at radius 2 is 1.68 bits per heavy atom. The number of aromatic nitrogens is 2. The first-order valence-electron chi connectivity index (χ1n) is 6.90. The Balaban J connectivity index is 2.47. The molecular weight excluding hydrogens is 284 g/mol. The maximum absolute atomic E-state index is 12.3. The molecule has 0 fully saturated rings. The van der Waals surface area contributed by atoms with E-state index in [9.17, 15) is 14.4 Å². The van der Waals surface area contributed by atoms with Crippen LogP contribution in [0.2, 0.25) is 0 Å². The number of aliphatic carboxylic acids is 1. The number of aryl methyl sites for hydroxylation is 1. The van der Waals surface area contributed by atoms with Gasteiger partial charge in [-0.05, 0) is 24.5 Å². The molecule has 0 saturated carbocycles. The van der Waals surface area contributed by atoms with E-state index in [-0.39, 0.29) is 17.7 Å². The molecule has 0 radical (unpaired) electrons. The fourth-order valence-corrected chi connectivity index (χ4v) is 2.37. The van der Waals surface area contributed by atoms with E-state index >= 15 is 0 Å². The highest BCUT2D eigenvalue weighted by atomic mass is 16.4. The van der Waals surface area contributed by atoms with Crippen molar-refractivity contribution in [3.05, 3.63) is 56.4 Å². The van der Waals surface area contributed by atoms with Gasteiger partial charge in [0.05, 0.1) is 5.56 Å². The van der Waals surface area contributed by atoms with E-state index < -0.39 is 5.97 Å². The SMILES string of the molecule is Cc1c(-c2ccc(CCC(=O)O)cc2)c(=O)n(C)c(=O)n1C. The Labute approximate surface area is 127 Å². The molecule has 0 amide bonds. The number of carboxylic acids is 1. The van der Waals surface area contributed by atoms with Crippen LogP contribution in [-0.2, 0) is 25.3 Å². The van der Waals surface area contributed by atoms with Crippen LogP contribution in [0.25, 0.3) is 11.1 Å². The lowest BCUT2D eigenvalue weighted by atomic mass is 10.0. The molecule has 116 valence electrons. The molecule has 2 aromatic rings. The third kappa shape index (κ3) is 2.86. The van der Waals surface area contributed by atoms with E-state index in [2.05, 4.69) is 0 Å². The number of hydrogen-bond acceptors (Lipinski definition) is 3. The molecular formula is C16H18N2O4. The number of hydrogen-bond donors (Lipinski definition) is 1. The van der Waals surface area contributed by atoms with Crippen molar-refractivity contribution in [3.8, 4) is 11.1 Å². The van der Waals surface area contributed by atoms with Gasteiger partial charge in [-0.15, -0.1) is 0 Å². The van der Waals surface area contributed by atoms with Crippen LogP contribution >= 0.6 is 0 Å². The molecule has 1 aromatic carbocycles. The number of carboxylic acid groups (broad SMARTS) is 1. The molecule has 0 aliphatic rings. The van der Waals surface area contributed by atoms with Gasteiger partial charge in [0.2, 0.25) is 0 Å². The monoisotopic (exact) mass is 302 g/mol. The molecule has 0 saturated heterocycles. The van der Waals surface area contributed by atoms with Gasteiger partial charge in [-0.3, -0.25) is 14.2 Å². The summed E-state index contributed by atoms with van der Waals surface area (Å²) in [6.07, 6.45) is 0.514. The van der Waals surface area contributed by atoms with Crippen molar-refractivity contribution < 1.29 is 9.90 Å². The van der Waals surface area contributed by atoms with E-state index in [1.807, 2.05) is 12.1 Å². The van der Waals surface area contributed by atoms with Crippen LogP contribution in [0, 0.1) is 6.92 Å². The zero-order valence-corrected chi connectivity index (χ0v) is 12.8. The largest absolute Gasteiger partial charge is 0.481 e. The van der Waals surface area contributed by atoms with Gasteiger partial charge < -0.3 is 9.67 Å². The molecule has 0 aliphatic heterocycles. The fourth-order valence-electron chi connectivity index (χ4n) is 2.37. The number of rotatable bonds is 4. The minimum absolute atomic E-state index is 0.0694. The Kier molecular flexibility index (Phi) is 4.30. The summed E-state index contributed by atoms with van der Waals surface area (Å²) in [4.78, 5) is 34.8. The zero-order chi connectivity index (χ0) is 16.4. The number of benzene rings is 1. The highest BCUT2D eigenvalue weighted by Gasteiger charge is 2.14. The molecule has 0 spiro atoms. The first kappa shape index (κ1) is 15.8. The first-order chi connectivity index (χ1) is 10.3. The third-order valence-corrected chi connectivity index (χ3v) is 3.83. The minimum Gasteiger partial charge on any atom is -0.481 e. The van der Waals surface area contributed by atoms with Gasteiger partial charge >= 0.3 is 11.7 Å². The molecule has 22 heavy (non-hydrogen) atoms. The highest BCUT2D eigenvalue weighted by Crippen LogP contribution is 2.19. The standard InChI is InChI=1S/C16H18N2O4/c1-10-14(15(21)18(3)16(22)17(10)2)12-7-4-11(5-8-12)6-9-13(19)20/h4-5,7-8H,6,9H2,1-3H3,(H,19,20). The van der Waals surface area contributed by atoms with E-state index in [0.717, 1.165) is 10.1 Å². The second-order valence-corrected chi connectivity index (χ2v) is 5.26. The molecule has 6 heteroatoms. The summed E-state index contributed by atoms with van der Waals surface area (Å²) >= 11 is 0. The lowest BCUT2D eigenvalue weighted by Crippen LogP contribution is -2.39. The van der Waals surface area contributed by atoms with Crippen molar-refractivity contribution in [2.24, 2.45) is 14.1 Å². The van der Waals surface area contributed by atoms with Gasteiger partial charge in [0, 0.05) is 26.2 Å². The number of nitrogens with zero attached hydrogens (tertiary/aromatic N) is 2. The highest BCUT2D eigenvalue weighted by molar-refractivity contribution is 5.67. The van der Waals surface area contributed by atoms with Crippen molar-refractivity contribution in [2.45, 2.75) is 19.8 Å². The molecule has 6 nitrogen and oxygen atoms in total. The molecule has 1 aromatic heterocycles. The predicted molar refractivity (Wildman–Crippen MR) is 83.1 cm³/mol. The van der Waals surface area contributed by atoms with Crippen molar-refractivity contribution in [3.63, 3.8) is 0 Å². The molecule has 0 aliphatic carbocycles. The van der Waals surface area contributed by atoms with Crippen LogP contribution in [0.5, 0.6) is 0 Å². The summed E-state index contributed by atoms with van der Waals surface area (Å²) in [7, 11) is 3.08. The molecule has 2 rings (SSSR count). The number of carbonyl (C=O) groups is 1. The zero-order valence-electron chi connectivity index (χ0n) is 12.8. The van der Waals surface area contributed by atoms with Crippen LogP contribution in [0.3, 0.4) is 0 Å². The summed E-state index contributed by atoms with van der Waals surface area (Å²) in [6.45, 7) is 1.73. The third-order valence-electron chi connectivity index (χ3n) is 3.83. The average molecular weight is 302 g/mol. The molecule has 0 unspecified atom stereocenters. The van der Waals surface area contributed by atoms with Crippen molar-refractivity contribution in [2.75, 3.05) is 0 Å². The summed E-state index contributed by atoms with van der Waals surface area (Å²) in [5.41, 5.74) is 2.00. The summed E-state index contributed by atoms with van der Waals surface area (Å²) in [6, 6.07) is 7.18. The lowest BCUT2D eigenvalue weighted by Gasteiger charge is -2.12. The molecule has 0 atom stereocenters. The molecule has 1 N–H and O–H groups in total. The lowest BCUT2D eigenvalue weighted by molar-refractivity contribution is -0.136. The average Bonchev–Trinajstić information content (AvgIpc) is 2.50. The van der Waals surface area contributed by atoms with Crippen LogP contribution in [0.4, 0.5) is 0 Å². The van der Waals surface area contributed by atoms with Gasteiger partial charge in [0.25, 0.3) is 5.56 Å². The summed E-state index contributed by atoms with van der Waals surface area (Å²) in [5, 5.41) is 8.69.